The van der Waals surface area contributed by atoms with Crippen molar-refractivity contribution in [2.24, 2.45) is 5.41 Å². The van der Waals surface area contributed by atoms with E-state index in [0.29, 0.717) is 13.2 Å². The second-order valence-electron chi connectivity index (χ2n) is 4.90. The van der Waals surface area contributed by atoms with E-state index in [1.54, 1.807) is 0 Å². The van der Waals surface area contributed by atoms with Crippen LogP contribution in [0, 0.1) is 5.41 Å². The lowest BCUT2D eigenvalue weighted by Gasteiger charge is -2.22. The smallest absolute Gasteiger partial charge is 0.323 e. The van der Waals surface area contributed by atoms with Gasteiger partial charge < -0.3 is 4.74 Å². The number of esters is 1. The third-order valence-electron chi connectivity index (χ3n) is 2.96. The van der Waals surface area contributed by atoms with Gasteiger partial charge in [0.2, 0.25) is 0 Å². The molecule has 1 aliphatic rings. The Morgan fingerprint density at radius 3 is 2.62 bits per heavy atom. The molecule has 0 aliphatic carbocycles. The third kappa shape index (κ3) is 2.25. The van der Waals surface area contributed by atoms with Crippen LogP contribution in [0.1, 0.15) is 19.4 Å². The molecule has 0 spiro atoms. The molecule has 3 heteroatoms. The van der Waals surface area contributed by atoms with Crippen molar-refractivity contribution in [3.63, 3.8) is 0 Å². The van der Waals surface area contributed by atoms with Crippen LogP contribution in [0.2, 0.25) is 0 Å². The van der Waals surface area contributed by atoms with E-state index in [2.05, 4.69) is 5.32 Å². The fraction of sp³-hybridized carbons (Fsp3) is 0.462. The topological polar surface area (TPSA) is 38.3 Å². The molecule has 1 atom stereocenters. The molecule has 0 amide bonds. The van der Waals surface area contributed by atoms with Gasteiger partial charge in [-0.3, -0.25) is 10.1 Å². The molecule has 0 bridgehead atoms. The second kappa shape index (κ2) is 4.26. The van der Waals surface area contributed by atoms with E-state index < -0.39 is 0 Å². The lowest BCUT2D eigenvalue weighted by molar-refractivity contribution is -0.139. The minimum absolute atomic E-state index is 0.119. The number of cyclic esters (lactones) is 1. The standard InChI is InChI=1S/C13H17NO2/c1-13(2)9-16-12(15)11(13)14-8-10-6-4-3-5-7-10/h3-7,11,14H,8-9H2,1-2H3. The van der Waals surface area contributed by atoms with Crippen LogP contribution in [0.4, 0.5) is 0 Å². The maximum absolute atomic E-state index is 11.5. The van der Waals surface area contributed by atoms with E-state index in [4.69, 9.17) is 4.74 Å². The molecule has 2 rings (SSSR count). The fourth-order valence-corrected chi connectivity index (χ4v) is 1.92. The van der Waals surface area contributed by atoms with Crippen molar-refractivity contribution in [2.75, 3.05) is 6.61 Å². The van der Waals surface area contributed by atoms with Gasteiger partial charge in [0.25, 0.3) is 0 Å². The van der Waals surface area contributed by atoms with Gasteiger partial charge in [0.1, 0.15) is 6.04 Å². The average molecular weight is 219 g/mol. The summed E-state index contributed by atoms with van der Waals surface area (Å²) < 4.78 is 5.07. The number of hydrogen-bond acceptors (Lipinski definition) is 3. The molecule has 1 heterocycles. The summed E-state index contributed by atoms with van der Waals surface area (Å²) in [6, 6.07) is 9.86. The number of hydrogen-bond donors (Lipinski definition) is 1. The maximum atomic E-state index is 11.5. The van der Waals surface area contributed by atoms with Gasteiger partial charge in [0.05, 0.1) is 6.61 Å². The van der Waals surface area contributed by atoms with Crippen LogP contribution in [0.5, 0.6) is 0 Å². The first-order chi connectivity index (χ1) is 7.59. The highest BCUT2D eigenvalue weighted by Crippen LogP contribution is 2.28. The van der Waals surface area contributed by atoms with Crippen LogP contribution >= 0.6 is 0 Å². The number of benzene rings is 1. The second-order valence-corrected chi connectivity index (χ2v) is 4.90. The third-order valence-corrected chi connectivity index (χ3v) is 2.96. The van der Waals surface area contributed by atoms with Crippen molar-refractivity contribution in [3.05, 3.63) is 35.9 Å². The van der Waals surface area contributed by atoms with Crippen molar-refractivity contribution in [2.45, 2.75) is 26.4 Å². The summed E-state index contributed by atoms with van der Waals surface area (Å²) in [6.45, 7) is 5.28. The van der Waals surface area contributed by atoms with Crippen molar-refractivity contribution < 1.29 is 9.53 Å². The molecule has 0 saturated carbocycles. The van der Waals surface area contributed by atoms with E-state index in [9.17, 15) is 4.79 Å². The molecule has 0 radical (unpaired) electrons. The molecule has 1 unspecified atom stereocenters. The molecular formula is C13H17NO2. The quantitative estimate of drug-likeness (QED) is 0.787. The first-order valence-corrected chi connectivity index (χ1v) is 5.53. The SMILES string of the molecule is CC1(C)COC(=O)C1NCc1ccccc1. The van der Waals surface area contributed by atoms with E-state index in [0.717, 1.165) is 0 Å². The van der Waals surface area contributed by atoms with Crippen LogP contribution in [-0.2, 0) is 16.1 Å². The van der Waals surface area contributed by atoms with Crippen molar-refractivity contribution in [1.29, 1.82) is 0 Å². The van der Waals surface area contributed by atoms with Gasteiger partial charge >= 0.3 is 5.97 Å². The highest BCUT2D eigenvalue weighted by molar-refractivity contribution is 5.79. The molecule has 16 heavy (non-hydrogen) atoms. The number of ether oxygens (including phenoxy) is 1. The fourth-order valence-electron chi connectivity index (χ4n) is 1.92. The lowest BCUT2D eigenvalue weighted by Crippen LogP contribution is -2.42. The minimum atomic E-state index is -0.201. The Kier molecular flexibility index (Phi) is 2.97. The summed E-state index contributed by atoms with van der Waals surface area (Å²) in [6.07, 6.45) is 0. The number of carbonyl (C=O) groups is 1. The van der Waals surface area contributed by atoms with Gasteiger partial charge in [-0.15, -0.1) is 0 Å². The Hall–Kier alpha value is -1.35. The average Bonchev–Trinajstić information content (AvgIpc) is 2.52. The van der Waals surface area contributed by atoms with Crippen LogP contribution < -0.4 is 5.32 Å². The van der Waals surface area contributed by atoms with Crippen LogP contribution in [0.15, 0.2) is 30.3 Å². The Morgan fingerprint density at radius 2 is 2.06 bits per heavy atom. The summed E-state index contributed by atoms with van der Waals surface area (Å²) in [5, 5.41) is 3.26. The minimum Gasteiger partial charge on any atom is -0.464 e. The summed E-state index contributed by atoms with van der Waals surface area (Å²) in [5.74, 6) is -0.138. The number of carbonyl (C=O) groups excluding carboxylic acids is 1. The number of nitrogens with one attached hydrogen (secondary N) is 1. The first kappa shape index (κ1) is 11.1. The molecule has 1 aliphatic heterocycles. The van der Waals surface area contributed by atoms with E-state index in [1.807, 2.05) is 44.2 Å². The summed E-state index contributed by atoms with van der Waals surface area (Å²) in [4.78, 5) is 11.5. The molecule has 1 saturated heterocycles. The van der Waals surface area contributed by atoms with Crippen molar-refractivity contribution in [1.82, 2.24) is 5.32 Å². The van der Waals surface area contributed by atoms with E-state index in [-0.39, 0.29) is 17.4 Å². The molecule has 0 aromatic heterocycles. The molecule has 86 valence electrons. The Labute approximate surface area is 95.8 Å². The predicted octanol–water partition coefficient (Wildman–Crippen LogP) is 1.73. The van der Waals surface area contributed by atoms with Crippen molar-refractivity contribution >= 4 is 5.97 Å². The molecular weight excluding hydrogens is 202 g/mol. The zero-order valence-electron chi connectivity index (χ0n) is 9.69. The first-order valence-electron chi connectivity index (χ1n) is 5.53. The molecule has 1 aromatic carbocycles. The zero-order valence-corrected chi connectivity index (χ0v) is 9.69. The predicted molar refractivity (Wildman–Crippen MR) is 61.8 cm³/mol. The van der Waals surface area contributed by atoms with Crippen LogP contribution in [0.25, 0.3) is 0 Å². The molecule has 3 nitrogen and oxygen atoms in total. The molecule has 1 fully saturated rings. The molecule has 1 aromatic rings. The van der Waals surface area contributed by atoms with Crippen molar-refractivity contribution in [3.8, 4) is 0 Å². The van der Waals surface area contributed by atoms with Gasteiger partial charge in [-0.2, -0.15) is 0 Å². The Morgan fingerprint density at radius 1 is 1.38 bits per heavy atom. The van der Waals surface area contributed by atoms with Gasteiger partial charge in [0, 0.05) is 12.0 Å². The van der Waals surface area contributed by atoms with E-state index >= 15 is 0 Å². The highest BCUT2D eigenvalue weighted by Gasteiger charge is 2.42. The lowest BCUT2D eigenvalue weighted by atomic mass is 9.87. The summed E-state index contributed by atoms with van der Waals surface area (Å²) >= 11 is 0. The van der Waals surface area contributed by atoms with Gasteiger partial charge in [0.15, 0.2) is 0 Å². The van der Waals surface area contributed by atoms with Crippen LogP contribution in [-0.4, -0.2) is 18.6 Å². The highest BCUT2D eigenvalue weighted by atomic mass is 16.5. The van der Waals surface area contributed by atoms with Gasteiger partial charge in [-0.05, 0) is 5.56 Å². The van der Waals surface area contributed by atoms with Gasteiger partial charge in [-0.1, -0.05) is 44.2 Å². The Balaban J connectivity index is 1.98. The Bertz CT molecular complexity index is 373. The summed E-state index contributed by atoms with van der Waals surface area (Å²) in [5.41, 5.74) is 1.06. The maximum Gasteiger partial charge on any atom is 0.323 e. The summed E-state index contributed by atoms with van der Waals surface area (Å²) in [7, 11) is 0. The largest absolute Gasteiger partial charge is 0.464 e. The van der Waals surface area contributed by atoms with E-state index in [1.165, 1.54) is 5.56 Å². The zero-order chi connectivity index (χ0) is 11.6. The monoisotopic (exact) mass is 219 g/mol. The molecule has 1 N–H and O–H groups in total. The van der Waals surface area contributed by atoms with Gasteiger partial charge in [-0.25, -0.2) is 0 Å². The number of rotatable bonds is 3. The van der Waals surface area contributed by atoms with Crippen LogP contribution in [0.3, 0.4) is 0 Å². The normalized spacial score (nSPS) is 23.1.